The second kappa shape index (κ2) is 4.15. The Morgan fingerprint density at radius 1 is 1.50 bits per heavy atom. The molecule has 0 fully saturated rings. The summed E-state index contributed by atoms with van der Waals surface area (Å²) >= 11 is 0. The molecule has 0 aliphatic carbocycles. The van der Waals surface area contributed by atoms with Gasteiger partial charge in [-0.2, -0.15) is 0 Å². The molecule has 0 aliphatic rings. The lowest BCUT2D eigenvalue weighted by atomic mass is 10.1. The molecule has 0 bridgehead atoms. The first-order chi connectivity index (χ1) is 6.46. The van der Waals surface area contributed by atoms with Gasteiger partial charge >= 0.3 is 0 Å². The number of benzene rings is 1. The summed E-state index contributed by atoms with van der Waals surface area (Å²) in [4.78, 5) is 0.179. The Hall–Kier alpha value is -0.800. The normalized spacial score (nSPS) is 11.3. The molecule has 2 nitrogen and oxygen atoms in total. The van der Waals surface area contributed by atoms with E-state index in [1.54, 1.807) is 19.1 Å². The third-order valence-corrected chi connectivity index (χ3v) is 3.49. The van der Waals surface area contributed by atoms with Gasteiger partial charge < -0.3 is 0 Å². The SMILES string of the molecule is C=CCc1cccc(S(=O)(=O)Cl)c1C. The van der Waals surface area contributed by atoms with Crippen molar-refractivity contribution in [2.45, 2.75) is 18.2 Å². The Balaban J connectivity index is 3.35. The Bertz CT molecular complexity index is 449. The lowest BCUT2D eigenvalue weighted by molar-refractivity contribution is 0.609. The lowest BCUT2D eigenvalue weighted by Gasteiger charge is -2.06. The van der Waals surface area contributed by atoms with Crippen molar-refractivity contribution in [2.75, 3.05) is 0 Å². The molecule has 14 heavy (non-hydrogen) atoms. The number of hydrogen-bond acceptors (Lipinski definition) is 2. The number of allylic oxidation sites excluding steroid dienone is 1. The van der Waals surface area contributed by atoms with Crippen LogP contribution in [0.25, 0.3) is 0 Å². The van der Waals surface area contributed by atoms with Crippen LogP contribution < -0.4 is 0 Å². The minimum Gasteiger partial charge on any atom is -0.207 e. The minimum absolute atomic E-state index is 0.179. The lowest BCUT2D eigenvalue weighted by Crippen LogP contribution is -1.97. The van der Waals surface area contributed by atoms with Gasteiger partial charge in [-0.3, -0.25) is 0 Å². The Morgan fingerprint density at radius 3 is 2.64 bits per heavy atom. The van der Waals surface area contributed by atoms with Crippen LogP contribution in [0.5, 0.6) is 0 Å². The fraction of sp³-hybridized carbons (Fsp3) is 0.200. The van der Waals surface area contributed by atoms with Crippen LogP contribution in [0.3, 0.4) is 0 Å². The van der Waals surface area contributed by atoms with Crippen LogP contribution in [0.4, 0.5) is 0 Å². The molecule has 0 saturated heterocycles. The standard InChI is InChI=1S/C10H11ClO2S/c1-3-5-9-6-4-7-10(8(9)2)14(11,12)13/h3-4,6-7H,1,5H2,2H3. The van der Waals surface area contributed by atoms with Crippen molar-refractivity contribution in [1.82, 2.24) is 0 Å². The molecule has 0 N–H and O–H groups in total. The van der Waals surface area contributed by atoms with Gasteiger partial charge in [0.15, 0.2) is 0 Å². The van der Waals surface area contributed by atoms with E-state index in [-0.39, 0.29) is 4.90 Å². The molecular weight excluding hydrogens is 220 g/mol. The summed E-state index contributed by atoms with van der Waals surface area (Å²) in [6, 6.07) is 5.05. The van der Waals surface area contributed by atoms with Crippen LogP contribution in [0.2, 0.25) is 0 Å². The maximum absolute atomic E-state index is 11.1. The molecule has 1 aromatic rings. The Morgan fingerprint density at radius 2 is 2.14 bits per heavy atom. The van der Waals surface area contributed by atoms with Crippen LogP contribution in [-0.4, -0.2) is 8.42 Å². The largest absolute Gasteiger partial charge is 0.261 e. The van der Waals surface area contributed by atoms with E-state index >= 15 is 0 Å². The van der Waals surface area contributed by atoms with E-state index in [2.05, 4.69) is 6.58 Å². The monoisotopic (exact) mass is 230 g/mol. The zero-order valence-corrected chi connectivity index (χ0v) is 9.40. The Labute approximate surface area is 88.6 Å². The summed E-state index contributed by atoms with van der Waals surface area (Å²) < 4.78 is 22.3. The smallest absolute Gasteiger partial charge is 0.207 e. The molecule has 0 amide bonds. The predicted octanol–water partition coefficient (Wildman–Crippen LogP) is 2.65. The summed E-state index contributed by atoms with van der Waals surface area (Å²) in [5, 5.41) is 0. The fourth-order valence-corrected chi connectivity index (χ4v) is 2.54. The number of rotatable bonds is 3. The van der Waals surface area contributed by atoms with Crippen molar-refractivity contribution in [3.8, 4) is 0 Å². The van der Waals surface area contributed by atoms with Crippen molar-refractivity contribution in [3.63, 3.8) is 0 Å². The first-order valence-electron chi connectivity index (χ1n) is 4.11. The van der Waals surface area contributed by atoms with E-state index in [1.807, 2.05) is 6.07 Å². The molecule has 0 saturated carbocycles. The molecule has 0 heterocycles. The maximum atomic E-state index is 11.1. The highest BCUT2D eigenvalue weighted by Crippen LogP contribution is 2.22. The topological polar surface area (TPSA) is 34.1 Å². The van der Waals surface area contributed by atoms with Crippen LogP contribution in [-0.2, 0) is 15.5 Å². The van der Waals surface area contributed by atoms with Crippen LogP contribution in [0.15, 0.2) is 35.7 Å². The summed E-state index contributed by atoms with van der Waals surface area (Å²) in [5.74, 6) is 0. The first kappa shape index (κ1) is 11.3. The van der Waals surface area contributed by atoms with E-state index in [0.29, 0.717) is 12.0 Å². The third-order valence-electron chi connectivity index (χ3n) is 2.02. The maximum Gasteiger partial charge on any atom is 0.261 e. The first-order valence-corrected chi connectivity index (χ1v) is 6.42. The molecule has 0 atom stereocenters. The fourth-order valence-electron chi connectivity index (χ4n) is 1.30. The molecule has 76 valence electrons. The summed E-state index contributed by atoms with van der Waals surface area (Å²) in [6.45, 7) is 5.35. The zero-order valence-electron chi connectivity index (χ0n) is 7.83. The number of hydrogen-bond donors (Lipinski definition) is 0. The molecule has 1 rings (SSSR count). The predicted molar refractivity (Wildman–Crippen MR) is 58.1 cm³/mol. The van der Waals surface area contributed by atoms with Crippen LogP contribution >= 0.6 is 10.7 Å². The Kier molecular flexibility index (Phi) is 3.34. The van der Waals surface area contributed by atoms with Gasteiger partial charge in [-0.1, -0.05) is 18.2 Å². The number of halogens is 1. The quantitative estimate of drug-likeness (QED) is 0.591. The highest BCUT2D eigenvalue weighted by Gasteiger charge is 2.14. The highest BCUT2D eigenvalue weighted by molar-refractivity contribution is 8.13. The molecule has 0 aromatic heterocycles. The van der Waals surface area contributed by atoms with Crippen LogP contribution in [0.1, 0.15) is 11.1 Å². The van der Waals surface area contributed by atoms with E-state index in [4.69, 9.17) is 10.7 Å². The van der Waals surface area contributed by atoms with Crippen molar-refractivity contribution in [1.29, 1.82) is 0 Å². The van der Waals surface area contributed by atoms with Gasteiger partial charge in [-0.15, -0.1) is 6.58 Å². The van der Waals surface area contributed by atoms with Gasteiger partial charge in [0.05, 0.1) is 4.90 Å². The van der Waals surface area contributed by atoms with E-state index in [1.165, 1.54) is 6.07 Å². The average Bonchev–Trinajstić information content (AvgIpc) is 2.07. The average molecular weight is 231 g/mol. The van der Waals surface area contributed by atoms with Crippen molar-refractivity contribution in [2.24, 2.45) is 0 Å². The van der Waals surface area contributed by atoms with Gasteiger partial charge in [-0.05, 0) is 30.5 Å². The molecule has 1 aromatic carbocycles. The van der Waals surface area contributed by atoms with Gasteiger partial charge in [0.1, 0.15) is 0 Å². The zero-order chi connectivity index (χ0) is 10.8. The van der Waals surface area contributed by atoms with Gasteiger partial charge in [-0.25, -0.2) is 8.42 Å². The van der Waals surface area contributed by atoms with Gasteiger partial charge in [0, 0.05) is 10.7 Å². The summed E-state index contributed by atoms with van der Waals surface area (Å²) in [5.41, 5.74) is 1.63. The van der Waals surface area contributed by atoms with Gasteiger partial charge in [0.25, 0.3) is 9.05 Å². The van der Waals surface area contributed by atoms with E-state index in [0.717, 1.165) is 5.56 Å². The van der Waals surface area contributed by atoms with Crippen molar-refractivity contribution in [3.05, 3.63) is 42.0 Å². The molecule has 0 spiro atoms. The third kappa shape index (κ3) is 2.36. The van der Waals surface area contributed by atoms with E-state index in [9.17, 15) is 8.42 Å². The second-order valence-electron chi connectivity index (χ2n) is 2.97. The summed E-state index contributed by atoms with van der Waals surface area (Å²) in [6.07, 6.45) is 2.37. The molecular formula is C10H11ClO2S. The van der Waals surface area contributed by atoms with Crippen molar-refractivity contribution >= 4 is 19.7 Å². The van der Waals surface area contributed by atoms with E-state index < -0.39 is 9.05 Å². The molecule has 0 radical (unpaired) electrons. The second-order valence-corrected chi connectivity index (χ2v) is 5.51. The molecule has 0 aliphatic heterocycles. The molecule has 0 unspecified atom stereocenters. The van der Waals surface area contributed by atoms with Crippen LogP contribution in [0, 0.1) is 6.92 Å². The van der Waals surface area contributed by atoms with Gasteiger partial charge in [0.2, 0.25) is 0 Å². The molecule has 4 heteroatoms. The summed E-state index contributed by atoms with van der Waals surface area (Å²) in [7, 11) is 1.65. The minimum atomic E-state index is -3.64. The van der Waals surface area contributed by atoms with Crippen molar-refractivity contribution < 1.29 is 8.42 Å². The highest BCUT2D eigenvalue weighted by atomic mass is 35.7.